The molecule has 1 aromatic carbocycles. The number of nitrogens with zero attached hydrogens (tertiary/aromatic N) is 1. The second-order valence-electron chi connectivity index (χ2n) is 6.69. The largest absolute Gasteiger partial charge is 0.342 e. The number of thioether (sulfide) groups is 1. The Bertz CT molecular complexity index is 627. The van der Waals surface area contributed by atoms with Crippen LogP contribution in [0.2, 0.25) is 5.02 Å². The Balaban J connectivity index is 1.67. The van der Waals surface area contributed by atoms with Gasteiger partial charge in [-0.2, -0.15) is 0 Å². The number of fused-ring (bicyclic) bond motifs is 1. The lowest BCUT2D eigenvalue weighted by Gasteiger charge is -2.36. The molecule has 0 spiro atoms. The van der Waals surface area contributed by atoms with E-state index in [2.05, 4.69) is 19.2 Å². The summed E-state index contributed by atoms with van der Waals surface area (Å²) < 4.78 is 0. The zero-order valence-corrected chi connectivity index (χ0v) is 14.9. The number of halogens is 1. The number of benzene rings is 1. The average molecular weight is 353 g/mol. The van der Waals surface area contributed by atoms with Gasteiger partial charge in [-0.05, 0) is 36.5 Å². The lowest BCUT2D eigenvalue weighted by Crippen LogP contribution is -2.44. The summed E-state index contributed by atoms with van der Waals surface area (Å²) in [7, 11) is 0. The molecule has 0 aliphatic carbocycles. The third kappa shape index (κ3) is 3.83. The van der Waals surface area contributed by atoms with Crippen LogP contribution >= 0.6 is 23.4 Å². The first kappa shape index (κ1) is 16.7. The lowest BCUT2D eigenvalue weighted by atomic mass is 9.91. The Morgan fingerprint density at radius 1 is 1.35 bits per heavy atom. The van der Waals surface area contributed by atoms with Gasteiger partial charge in [-0.1, -0.05) is 25.4 Å². The molecule has 1 saturated heterocycles. The van der Waals surface area contributed by atoms with E-state index >= 15 is 0 Å². The summed E-state index contributed by atoms with van der Waals surface area (Å²) in [5, 5.41) is 3.08. The first-order valence-electron chi connectivity index (χ1n) is 7.97. The average Bonchev–Trinajstić information content (AvgIpc) is 2.47. The van der Waals surface area contributed by atoms with Gasteiger partial charge in [0.1, 0.15) is 0 Å². The van der Waals surface area contributed by atoms with Gasteiger partial charge in [0.2, 0.25) is 11.8 Å². The molecule has 3 atom stereocenters. The molecule has 0 saturated carbocycles. The number of carbonyl (C=O) groups is 2. The van der Waals surface area contributed by atoms with Gasteiger partial charge in [-0.3, -0.25) is 9.59 Å². The molecule has 1 aromatic rings. The molecule has 0 aromatic heterocycles. The summed E-state index contributed by atoms with van der Waals surface area (Å²) in [6.07, 6.45) is 1.41. The van der Waals surface area contributed by atoms with Gasteiger partial charge >= 0.3 is 0 Å². The molecule has 6 heteroatoms. The Hall–Kier alpha value is -1.20. The minimum Gasteiger partial charge on any atom is -0.342 e. The van der Waals surface area contributed by atoms with Gasteiger partial charge in [0.05, 0.1) is 10.9 Å². The van der Waals surface area contributed by atoms with Crippen LogP contribution in [0.1, 0.15) is 26.7 Å². The molecule has 1 N–H and O–H groups in total. The van der Waals surface area contributed by atoms with Gasteiger partial charge in [0, 0.05) is 29.4 Å². The highest BCUT2D eigenvalue weighted by Gasteiger charge is 2.32. The van der Waals surface area contributed by atoms with Crippen molar-refractivity contribution in [2.45, 2.75) is 36.8 Å². The molecule has 124 valence electrons. The molecule has 0 unspecified atom stereocenters. The molecule has 4 nitrogen and oxygen atoms in total. The number of likely N-dealkylation sites (tertiary alicyclic amines) is 1. The maximum Gasteiger partial charge on any atom is 0.238 e. The molecule has 2 heterocycles. The minimum absolute atomic E-state index is 0.0773. The van der Waals surface area contributed by atoms with Crippen molar-refractivity contribution >= 4 is 40.9 Å². The zero-order chi connectivity index (χ0) is 16.6. The normalized spacial score (nSPS) is 27.3. The number of hydrogen-bond donors (Lipinski definition) is 1. The Morgan fingerprint density at radius 3 is 2.74 bits per heavy atom. The first-order valence-corrected chi connectivity index (χ1v) is 9.23. The van der Waals surface area contributed by atoms with E-state index in [1.165, 1.54) is 11.8 Å². The van der Waals surface area contributed by atoms with Gasteiger partial charge in [0.15, 0.2) is 0 Å². The van der Waals surface area contributed by atoms with Crippen LogP contribution in [0, 0.1) is 11.8 Å². The van der Waals surface area contributed by atoms with Crippen molar-refractivity contribution in [1.29, 1.82) is 0 Å². The van der Waals surface area contributed by atoms with E-state index in [-0.39, 0.29) is 23.5 Å². The van der Waals surface area contributed by atoms with Gasteiger partial charge < -0.3 is 10.2 Å². The highest BCUT2D eigenvalue weighted by molar-refractivity contribution is 8.01. The highest BCUT2D eigenvalue weighted by Crippen LogP contribution is 2.38. The predicted octanol–water partition coefficient (Wildman–Crippen LogP) is 3.65. The molecule has 3 rings (SSSR count). The van der Waals surface area contributed by atoms with Crippen LogP contribution in [-0.2, 0) is 9.59 Å². The van der Waals surface area contributed by atoms with Crippen molar-refractivity contribution in [3.8, 4) is 0 Å². The molecular formula is C17H21ClN2O2S. The van der Waals surface area contributed by atoms with Crippen molar-refractivity contribution in [1.82, 2.24) is 4.90 Å². The smallest absolute Gasteiger partial charge is 0.238 e. The van der Waals surface area contributed by atoms with Crippen molar-refractivity contribution in [3.05, 3.63) is 23.2 Å². The minimum atomic E-state index is -0.372. The van der Waals surface area contributed by atoms with Crippen LogP contribution in [0.5, 0.6) is 0 Å². The molecule has 2 amide bonds. The number of anilines is 1. The van der Waals surface area contributed by atoms with Gasteiger partial charge in [-0.15, -0.1) is 11.8 Å². The van der Waals surface area contributed by atoms with Crippen molar-refractivity contribution in [2.75, 3.05) is 18.4 Å². The van der Waals surface area contributed by atoms with Crippen molar-refractivity contribution in [2.24, 2.45) is 11.8 Å². The quantitative estimate of drug-likeness (QED) is 0.883. The predicted molar refractivity (Wildman–Crippen MR) is 93.9 cm³/mol. The number of amides is 2. The van der Waals surface area contributed by atoms with Crippen LogP contribution in [0.3, 0.4) is 0 Å². The molecule has 23 heavy (non-hydrogen) atoms. The molecule has 1 fully saturated rings. The van der Waals surface area contributed by atoms with E-state index in [1.54, 1.807) is 12.1 Å². The van der Waals surface area contributed by atoms with Gasteiger partial charge in [-0.25, -0.2) is 0 Å². The topological polar surface area (TPSA) is 49.4 Å². The Morgan fingerprint density at radius 2 is 2.04 bits per heavy atom. The summed E-state index contributed by atoms with van der Waals surface area (Å²) >= 11 is 7.40. The van der Waals surface area contributed by atoms with Crippen molar-refractivity contribution in [3.63, 3.8) is 0 Å². The third-order valence-electron chi connectivity index (χ3n) is 4.34. The number of carbonyl (C=O) groups excluding carboxylic acids is 2. The van der Waals surface area contributed by atoms with E-state index in [0.29, 0.717) is 16.9 Å². The molecule has 2 aliphatic rings. The molecular weight excluding hydrogens is 332 g/mol. The van der Waals surface area contributed by atoms with Crippen LogP contribution in [-0.4, -0.2) is 35.1 Å². The third-order valence-corrected chi connectivity index (χ3v) is 5.85. The van der Waals surface area contributed by atoms with E-state index in [1.807, 2.05) is 11.0 Å². The van der Waals surface area contributed by atoms with Gasteiger partial charge in [0.25, 0.3) is 0 Å². The summed E-state index contributed by atoms with van der Waals surface area (Å²) in [6.45, 7) is 5.96. The van der Waals surface area contributed by atoms with E-state index in [0.717, 1.165) is 30.1 Å². The lowest BCUT2D eigenvalue weighted by molar-refractivity contribution is -0.135. The number of nitrogens with one attached hydrogen (secondary N) is 1. The second-order valence-corrected chi connectivity index (χ2v) is 8.37. The van der Waals surface area contributed by atoms with Crippen LogP contribution < -0.4 is 5.32 Å². The fourth-order valence-electron chi connectivity index (χ4n) is 3.41. The summed E-state index contributed by atoms with van der Waals surface area (Å²) in [6, 6.07) is 5.44. The Labute approximate surface area is 145 Å². The maximum absolute atomic E-state index is 12.6. The standard InChI is InChI=1S/C17H21ClN2O2S/c1-10-5-11(2)9-20(8-10)16(21)7-15-17(22)19-13-6-12(18)3-4-14(13)23-15/h3-4,6,10-11,15H,5,7-9H2,1-2H3,(H,19,22)/t10-,11+,15-/m0/s1. The van der Waals surface area contributed by atoms with Crippen molar-refractivity contribution < 1.29 is 9.59 Å². The highest BCUT2D eigenvalue weighted by atomic mass is 35.5. The second kappa shape index (κ2) is 6.73. The van der Waals surface area contributed by atoms with Crippen LogP contribution in [0.25, 0.3) is 0 Å². The maximum atomic E-state index is 12.6. The molecule has 2 aliphatic heterocycles. The van der Waals surface area contributed by atoms with E-state index in [4.69, 9.17) is 11.6 Å². The Kier molecular flexibility index (Phi) is 4.87. The summed E-state index contributed by atoms with van der Waals surface area (Å²) in [5.41, 5.74) is 0.733. The SMILES string of the molecule is C[C@@H]1C[C@H](C)CN(C(=O)C[C@@H]2Sc3ccc(Cl)cc3NC2=O)C1. The molecule has 0 radical (unpaired) electrons. The van der Waals surface area contributed by atoms with E-state index < -0.39 is 0 Å². The zero-order valence-electron chi connectivity index (χ0n) is 13.3. The number of hydrogen-bond acceptors (Lipinski definition) is 3. The first-order chi connectivity index (χ1) is 10.9. The van der Waals surface area contributed by atoms with Crippen LogP contribution in [0.15, 0.2) is 23.1 Å². The number of rotatable bonds is 2. The number of piperidine rings is 1. The van der Waals surface area contributed by atoms with E-state index in [9.17, 15) is 9.59 Å². The van der Waals surface area contributed by atoms with Crippen LogP contribution in [0.4, 0.5) is 5.69 Å². The fraction of sp³-hybridized carbons (Fsp3) is 0.529. The monoisotopic (exact) mass is 352 g/mol. The summed E-state index contributed by atoms with van der Waals surface area (Å²) in [4.78, 5) is 27.7. The molecule has 0 bridgehead atoms. The summed E-state index contributed by atoms with van der Waals surface area (Å²) in [5.74, 6) is 1.02. The fourth-order valence-corrected chi connectivity index (χ4v) is 4.67.